The zero-order valence-corrected chi connectivity index (χ0v) is 16.9. The van der Waals surface area contributed by atoms with Gasteiger partial charge >= 0.3 is 5.97 Å². The van der Waals surface area contributed by atoms with Gasteiger partial charge in [-0.25, -0.2) is 13.2 Å². The Hall–Kier alpha value is -3.16. The second-order valence-corrected chi connectivity index (χ2v) is 8.22. The van der Waals surface area contributed by atoms with Crippen LogP contribution in [0.5, 0.6) is 5.75 Å². The van der Waals surface area contributed by atoms with Crippen molar-refractivity contribution in [2.24, 2.45) is 0 Å². The first kappa shape index (κ1) is 20.6. The SMILES string of the molecule is CCN(Oc1ccc(-c2ccccc2)cc1)S(=O)(=O)c1ccc(C)c(C(=O)O)c1. The van der Waals surface area contributed by atoms with Crippen molar-refractivity contribution >= 4 is 16.0 Å². The van der Waals surface area contributed by atoms with Crippen LogP contribution in [0.2, 0.25) is 0 Å². The first-order chi connectivity index (χ1) is 13.8. The van der Waals surface area contributed by atoms with Crippen molar-refractivity contribution in [1.29, 1.82) is 0 Å². The summed E-state index contributed by atoms with van der Waals surface area (Å²) in [7, 11) is -4.04. The van der Waals surface area contributed by atoms with Gasteiger partial charge in [-0.2, -0.15) is 0 Å². The summed E-state index contributed by atoms with van der Waals surface area (Å²) < 4.78 is 26.7. The Morgan fingerprint density at radius 1 is 0.966 bits per heavy atom. The molecule has 0 spiro atoms. The third kappa shape index (κ3) is 4.47. The number of rotatable bonds is 7. The molecule has 3 rings (SSSR count). The van der Waals surface area contributed by atoms with Crippen LogP contribution >= 0.6 is 0 Å². The maximum atomic E-state index is 13.0. The van der Waals surface area contributed by atoms with E-state index in [1.807, 2.05) is 42.5 Å². The van der Waals surface area contributed by atoms with Crippen LogP contribution in [-0.2, 0) is 10.0 Å². The molecule has 0 bridgehead atoms. The Kier molecular flexibility index (Phi) is 6.00. The largest absolute Gasteiger partial charge is 0.478 e. The van der Waals surface area contributed by atoms with Crippen molar-refractivity contribution in [3.8, 4) is 16.9 Å². The molecule has 0 aliphatic carbocycles. The molecule has 1 N–H and O–H groups in total. The minimum Gasteiger partial charge on any atom is -0.478 e. The van der Waals surface area contributed by atoms with Gasteiger partial charge in [0.25, 0.3) is 10.0 Å². The third-order valence-electron chi connectivity index (χ3n) is 4.43. The van der Waals surface area contributed by atoms with Crippen LogP contribution in [0.1, 0.15) is 22.8 Å². The lowest BCUT2D eigenvalue weighted by molar-refractivity contribution is 0.0415. The second-order valence-electron chi connectivity index (χ2n) is 6.39. The van der Waals surface area contributed by atoms with Crippen LogP contribution in [0.25, 0.3) is 11.1 Å². The first-order valence-corrected chi connectivity index (χ1v) is 10.5. The molecule has 150 valence electrons. The molecule has 0 atom stereocenters. The van der Waals surface area contributed by atoms with Gasteiger partial charge in [-0.15, -0.1) is 0 Å². The van der Waals surface area contributed by atoms with Crippen LogP contribution < -0.4 is 4.84 Å². The normalized spacial score (nSPS) is 11.4. The average Bonchev–Trinajstić information content (AvgIpc) is 2.73. The minimum atomic E-state index is -4.04. The highest BCUT2D eigenvalue weighted by Gasteiger charge is 2.26. The van der Waals surface area contributed by atoms with E-state index in [-0.39, 0.29) is 17.0 Å². The van der Waals surface area contributed by atoms with Crippen LogP contribution in [-0.4, -0.2) is 30.5 Å². The molecule has 3 aromatic rings. The smallest absolute Gasteiger partial charge is 0.335 e. The van der Waals surface area contributed by atoms with Gasteiger partial charge in [-0.1, -0.05) is 48.5 Å². The van der Waals surface area contributed by atoms with Gasteiger partial charge in [0.2, 0.25) is 0 Å². The number of carboxylic acid groups (broad SMARTS) is 1. The standard InChI is InChI=1S/C22H21NO5S/c1-3-23(29(26,27)20-14-9-16(2)21(15-20)22(24)25)28-19-12-10-18(11-13-19)17-7-5-4-6-8-17/h4-15H,3H2,1-2H3,(H,24,25). The van der Waals surface area contributed by atoms with Crippen molar-refractivity contribution in [2.45, 2.75) is 18.7 Å². The molecule has 29 heavy (non-hydrogen) atoms. The summed E-state index contributed by atoms with van der Waals surface area (Å²) in [4.78, 5) is 16.8. The summed E-state index contributed by atoms with van der Waals surface area (Å²) in [5.74, 6) is -0.819. The fraction of sp³-hybridized carbons (Fsp3) is 0.136. The molecule has 7 heteroatoms. The molecular formula is C22H21NO5S. The number of hydrogen-bond donors (Lipinski definition) is 1. The molecule has 0 radical (unpaired) electrons. The quantitative estimate of drug-likeness (QED) is 0.584. The van der Waals surface area contributed by atoms with Crippen molar-refractivity contribution in [3.63, 3.8) is 0 Å². The Balaban J connectivity index is 1.86. The minimum absolute atomic E-state index is 0.0546. The summed E-state index contributed by atoms with van der Waals surface area (Å²) in [6.45, 7) is 3.31. The number of aromatic carboxylic acids is 1. The number of carbonyl (C=O) groups is 1. The van der Waals surface area contributed by atoms with Crippen molar-refractivity contribution in [3.05, 3.63) is 83.9 Å². The maximum absolute atomic E-state index is 13.0. The molecule has 0 fully saturated rings. The Labute approximate surface area is 170 Å². The number of nitrogens with zero attached hydrogens (tertiary/aromatic N) is 1. The highest BCUT2D eigenvalue weighted by Crippen LogP contribution is 2.25. The van der Waals surface area contributed by atoms with Gasteiger partial charge < -0.3 is 9.94 Å². The molecule has 0 aromatic heterocycles. The number of hydrogen-bond acceptors (Lipinski definition) is 4. The van der Waals surface area contributed by atoms with E-state index in [0.717, 1.165) is 21.7 Å². The molecule has 0 saturated heterocycles. The van der Waals surface area contributed by atoms with Crippen LogP contribution in [0.3, 0.4) is 0 Å². The van der Waals surface area contributed by atoms with Gasteiger partial charge in [0, 0.05) is 6.54 Å². The molecule has 0 amide bonds. The molecule has 6 nitrogen and oxygen atoms in total. The average molecular weight is 411 g/mol. The predicted molar refractivity (Wildman–Crippen MR) is 110 cm³/mol. The van der Waals surface area contributed by atoms with E-state index >= 15 is 0 Å². The van der Waals surface area contributed by atoms with Crippen molar-refractivity contribution in [1.82, 2.24) is 4.47 Å². The highest BCUT2D eigenvalue weighted by atomic mass is 32.2. The summed E-state index contributed by atoms with van der Waals surface area (Å²) in [5.41, 5.74) is 2.44. The van der Waals surface area contributed by atoms with E-state index < -0.39 is 16.0 Å². The number of sulfonamides is 1. The summed E-state index contributed by atoms with van der Waals surface area (Å²) in [6, 6.07) is 20.9. The fourth-order valence-corrected chi connectivity index (χ4v) is 4.12. The zero-order valence-electron chi connectivity index (χ0n) is 16.1. The van der Waals surface area contributed by atoms with Gasteiger partial charge in [-0.05, 0) is 59.3 Å². The van der Waals surface area contributed by atoms with Crippen LogP contribution in [0, 0.1) is 6.92 Å². The molecule has 0 unspecified atom stereocenters. The van der Waals surface area contributed by atoms with Gasteiger partial charge in [-0.3, -0.25) is 0 Å². The molecule has 0 heterocycles. The molecule has 0 saturated carbocycles. The van der Waals surface area contributed by atoms with Gasteiger partial charge in [0.15, 0.2) is 0 Å². The molecular weight excluding hydrogens is 390 g/mol. The zero-order chi connectivity index (χ0) is 21.0. The predicted octanol–water partition coefficient (Wildman–Crippen LogP) is 4.36. The number of hydroxylamine groups is 1. The van der Waals surface area contributed by atoms with E-state index in [1.54, 1.807) is 26.0 Å². The lowest BCUT2D eigenvalue weighted by Gasteiger charge is -2.21. The second kappa shape index (κ2) is 8.46. The molecule has 3 aromatic carbocycles. The number of aryl methyl sites for hydroxylation is 1. The van der Waals surface area contributed by atoms with E-state index in [4.69, 9.17) is 4.84 Å². The fourth-order valence-electron chi connectivity index (χ4n) is 2.85. The number of benzene rings is 3. The van der Waals surface area contributed by atoms with E-state index in [0.29, 0.717) is 11.3 Å². The van der Waals surface area contributed by atoms with Crippen LogP contribution in [0.4, 0.5) is 0 Å². The Morgan fingerprint density at radius 2 is 1.59 bits per heavy atom. The number of carboxylic acids is 1. The Morgan fingerprint density at radius 3 is 2.17 bits per heavy atom. The topological polar surface area (TPSA) is 83.9 Å². The summed E-state index contributed by atoms with van der Waals surface area (Å²) in [6.07, 6.45) is 0. The summed E-state index contributed by atoms with van der Waals surface area (Å²) in [5, 5.41) is 9.27. The monoisotopic (exact) mass is 411 g/mol. The maximum Gasteiger partial charge on any atom is 0.335 e. The van der Waals surface area contributed by atoms with Crippen molar-refractivity contribution in [2.75, 3.05) is 6.54 Å². The van der Waals surface area contributed by atoms with Gasteiger partial charge in [0.1, 0.15) is 5.75 Å². The first-order valence-electron chi connectivity index (χ1n) is 9.03. The van der Waals surface area contributed by atoms with E-state index in [2.05, 4.69) is 0 Å². The lowest BCUT2D eigenvalue weighted by Crippen LogP contribution is -2.34. The summed E-state index contributed by atoms with van der Waals surface area (Å²) >= 11 is 0. The molecule has 0 aliphatic heterocycles. The van der Waals surface area contributed by atoms with Gasteiger partial charge in [0.05, 0.1) is 10.5 Å². The lowest BCUT2D eigenvalue weighted by atomic mass is 10.1. The van der Waals surface area contributed by atoms with E-state index in [9.17, 15) is 18.3 Å². The van der Waals surface area contributed by atoms with E-state index in [1.165, 1.54) is 12.1 Å². The Bertz CT molecular complexity index is 1110. The van der Waals surface area contributed by atoms with Crippen LogP contribution in [0.15, 0.2) is 77.7 Å². The third-order valence-corrected chi connectivity index (χ3v) is 6.15. The highest BCUT2D eigenvalue weighted by molar-refractivity contribution is 7.89. The van der Waals surface area contributed by atoms with Crippen molar-refractivity contribution < 1.29 is 23.2 Å². The molecule has 0 aliphatic rings.